The molecule has 2 aromatic rings. The average molecular weight is 458 g/mol. The summed E-state index contributed by atoms with van der Waals surface area (Å²) in [7, 11) is 0. The first kappa shape index (κ1) is 23.3. The maximum absolute atomic E-state index is 8.36. The lowest BCUT2D eigenvalue weighted by Crippen LogP contribution is -2.24. The minimum atomic E-state index is -1.50. The van der Waals surface area contributed by atoms with Crippen molar-refractivity contribution in [3.63, 3.8) is 0 Å². The van der Waals surface area contributed by atoms with Crippen molar-refractivity contribution in [2.45, 2.75) is 29.8 Å². The molecule has 2 atom stereocenters. The molecule has 0 saturated heterocycles. The van der Waals surface area contributed by atoms with Crippen LogP contribution >= 0.6 is 35.0 Å². The molecule has 0 saturated carbocycles. The summed E-state index contributed by atoms with van der Waals surface area (Å²) in [4.78, 5) is 13.6. The molecule has 156 valence electrons. The summed E-state index contributed by atoms with van der Waals surface area (Å²) in [5.74, 6) is 0.613. The van der Waals surface area contributed by atoms with Gasteiger partial charge in [0, 0.05) is 34.8 Å². The van der Waals surface area contributed by atoms with E-state index < -0.39 is 10.1 Å². The summed E-state index contributed by atoms with van der Waals surface area (Å²) in [6.07, 6.45) is 12.1. The fourth-order valence-electron chi connectivity index (χ4n) is 2.62. The molecule has 1 aromatic carbocycles. The van der Waals surface area contributed by atoms with Gasteiger partial charge in [-0.05, 0) is 37.1 Å². The topological polar surface area (TPSA) is 90.4 Å². The molecular formula is C19H21Cl2N3O4S. The van der Waals surface area contributed by atoms with Crippen molar-refractivity contribution < 1.29 is 15.0 Å². The Labute approximate surface area is 183 Å². The molecular weight excluding hydrogens is 437 g/mol. The summed E-state index contributed by atoms with van der Waals surface area (Å²) in [5.41, 5.74) is 1.23. The van der Waals surface area contributed by atoms with E-state index in [1.165, 1.54) is 10.5 Å². The predicted molar refractivity (Wildman–Crippen MR) is 114 cm³/mol. The quantitative estimate of drug-likeness (QED) is 0.152. The number of allylic oxidation sites excluding steroid dienone is 2. The van der Waals surface area contributed by atoms with Gasteiger partial charge in [-0.2, -0.15) is 0 Å². The van der Waals surface area contributed by atoms with E-state index in [4.69, 9.17) is 43.3 Å². The second-order valence-electron chi connectivity index (χ2n) is 6.19. The zero-order valence-corrected chi connectivity index (χ0v) is 18.0. The Hall–Kier alpha value is -2.00. The summed E-state index contributed by atoms with van der Waals surface area (Å²) < 4.78 is 7.90. The summed E-state index contributed by atoms with van der Waals surface area (Å²) >= 11 is 14.6. The van der Waals surface area contributed by atoms with E-state index >= 15 is 0 Å². The van der Waals surface area contributed by atoms with Gasteiger partial charge < -0.3 is 14.5 Å². The molecule has 1 aromatic heterocycles. The molecule has 0 radical (unpaired) electrons. The summed E-state index contributed by atoms with van der Waals surface area (Å²) in [6, 6.07) is 8.21. The minimum absolute atomic E-state index is 0.156. The fraction of sp³-hybridized carbons (Fsp3) is 0.316. The molecule has 0 aliphatic heterocycles. The van der Waals surface area contributed by atoms with Crippen LogP contribution in [0.3, 0.4) is 0 Å². The number of benzene rings is 1. The molecule has 2 unspecified atom stereocenters. The molecule has 10 heteroatoms. The van der Waals surface area contributed by atoms with E-state index in [0.717, 1.165) is 18.0 Å². The number of nitrogens with zero attached hydrogens (tertiary/aromatic N) is 3. The summed E-state index contributed by atoms with van der Waals surface area (Å²) in [5, 5.41) is 13.4. The number of imidazole rings is 1. The minimum Gasteiger partial charge on any atom is -0.341 e. The molecule has 1 aliphatic rings. The average Bonchev–Trinajstić information content (AvgIpc) is 3.16. The summed E-state index contributed by atoms with van der Waals surface area (Å²) in [6.45, 7) is 2.94. The second-order valence-corrected chi connectivity index (χ2v) is 8.18. The number of hydrogen-bond donors (Lipinski definition) is 1. The van der Waals surface area contributed by atoms with Gasteiger partial charge in [-0.15, -0.1) is 10.1 Å². The molecule has 0 bridgehead atoms. The van der Waals surface area contributed by atoms with Crippen LogP contribution in [0.25, 0.3) is 0 Å². The van der Waals surface area contributed by atoms with Gasteiger partial charge in [0.15, 0.2) is 5.06 Å². The van der Waals surface area contributed by atoms with Crippen LogP contribution in [0.15, 0.2) is 71.1 Å². The molecule has 0 fully saturated rings. The SMILES string of the molecule is Cc1ccccc1SCOC1(Cl)C=CC(CCn2ccnc2)C(Cl)=C1.O=[N+]([O-])O. The highest BCUT2D eigenvalue weighted by molar-refractivity contribution is 7.99. The lowest BCUT2D eigenvalue weighted by molar-refractivity contribution is -0.742. The van der Waals surface area contributed by atoms with Gasteiger partial charge in [0.05, 0.1) is 12.3 Å². The van der Waals surface area contributed by atoms with E-state index in [9.17, 15) is 0 Å². The van der Waals surface area contributed by atoms with Crippen LogP contribution in [0, 0.1) is 23.0 Å². The highest BCUT2D eigenvalue weighted by atomic mass is 35.5. The monoisotopic (exact) mass is 457 g/mol. The number of ether oxygens (including phenoxy) is 1. The molecule has 29 heavy (non-hydrogen) atoms. The van der Waals surface area contributed by atoms with Crippen molar-refractivity contribution in [3.05, 3.63) is 81.9 Å². The van der Waals surface area contributed by atoms with Crippen molar-refractivity contribution in [1.82, 2.24) is 9.55 Å². The number of halogens is 2. The first-order valence-corrected chi connectivity index (χ1v) is 10.4. The number of hydrogen-bond acceptors (Lipinski definition) is 5. The smallest absolute Gasteiger partial charge is 0.291 e. The van der Waals surface area contributed by atoms with Crippen LogP contribution in [-0.2, 0) is 11.3 Å². The van der Waals surface area contributed by atoms with E-state index in [0.29, 0.717) is 5.94 Å². The van der Waals surface area contributed by atoms with Gasteiger partial charge in [-0.3, -0.25) is 0 Å². The molecule has 1 heterocycles. The van der Waals surface area contributed by atoms with E-state index in [1.54, 1.807) is 24.0 Å². The first-order chi connectivity index (χ1) is 13.8. The zero-order valence-electron chi connectivity index (χ0n) is 15.6. The predicted octanol–water partition coefficient (Wildman–Crippen LogP) is 5.24. The largest absolute Gasteiger partial charge is 0.341 e. The Balaban J connectivity index is 0.000000687. The number of rotatable bonds is 7. The number of thioether (sulfide) groups is 1. The lowest BCUT2D eigenvalue weighted by atomic mass is 9.98. The van der Waals surface area contributed by atoms with Crippen molar-refractivity contribution in [3.8, 4) is 0 Å². The fourth-order valence-corrected chi connectivity index (χ4v) is 4.18. The standard InChI is InChI=1S/C19H20Cl2N2OS.HNO3/c1-15-4-2-3-5-18(15)25-14-24-19(21)8-6-16(17(20)12-19)7-10-23-11-9-22-13-23;2-1(3)4/h2-6,8-9,11-13,16H,7,10,14H2,1H3;(H,2,3,4). The van der Waals surface area contributed by atoms with Crippen LogP contribution in [0.4, 0.5) is 0 Å². The molecule has 7 nitrogen and oxygen atoms in total. The van der Waals surface area contributed by atoms with Crippen molar-refractivity contribution >= 4 is 35.0 Å². The van der Waals surface area contributed by atoms with Gasteiger partial charge in [0.1, 0.15) is 0 Å². The van der Waals surface area contributed by atoms with Crippen LogP contribution in [-0.4, -0.2) is 30.8 Å². The lowest BCUT2D eigenvalue weighted by Gasteiger charge is -2.27. The van der Waals surface area contributed by atoms with Crippen LogP contribution in [0.1, 0.15) is 12.0 Å². The Morgan fingerprint density at radius 1 is 1.45 bits per heavy atom. The Morgan fingerprint density at radius 2 is 2.17 bits per heavy atom. The zero-order chi connectivity index (χ0) is 21.3. The normalized spacial score (nSPS) is 20.5. The van der Waals surface area contributed by atoms with Gasteiger partial charge in [0.2, 0.25) is 0 Å². The van der Waals surface area contributed by atoms with E-state index in [1.807, 2.05) is 41.4 Å². The Bertz CT molecular complexity index is 857. The maximum Gasteiger partial charge on any atom is 0.291 e. The highest BCUT2D eigenvalue weighted by Gasteiger charge is 2.28. The molecule has 3 rings (SSSR count). The van der Waals surface area contributed by atoms with E-state index in [-0.39, 0.29) is 5.92 Å². The number of alkyl halides is 1. The third-order valence-electron chi connectivity index (χ3n) is 4.09. The van der Waals surface area contributed by atoms with Crippen LogP contribution in [0.5, 0.6) is 0 Å². The van der Waals surface area contributed by atoms with Gasteiger partial charge >= 0.3 is 0 Å². The van der Waals surface area contributed by atoms with Crippen molar-refractivity contribution in [2.75, 3.05) is 5.94 Å². The molecule has 0 spiro atoms. The van der Waals surface area contributed by atoms with Gasteiger partial charge in [-0.1, -0.05) is 59.2 Å². The number of aromatic nitrogens is 2. The van der Waals surface area contributed by atoms with Crippen molar-refractivity contribution in [2.24, 2.45) is 5.92 Å². The molecule has 1 aliphatic carbocycles. The van der Waals surface area contributed by atoms with E-state index in [2.05, 4.69) is 24.0 Å². The van der Waals surface area contributed by atoms with Gasteiger partial charge in [0.25, 0.3) is 5.09 Å². The highest BCUT2D eigenvalue weighted by Crippen LogP contribution is 2.36. The van der Waals surface area contributed by atoms with Crippen LogP contribution in [0.2, 0.25) is 0 Å². The Morgan fingerprint density at radius 3 is 2.79 bits per heavy atom. The van der Waals surface area contributed by atoms with Crippen LogP contribution < -0.4 is 0 Å². The molecule has 1 N–H and O–H groups in total. The molecule has 0 amide bonds. The van der Waals surface area contributed by atoms with Crippen molar-refractivity contribution in [1.29, 1.82) is 0 Å². The third kappa shape index (κ3) is 8.10. The van der Waals surface area contributed by atoms with Gasteiger partial charge in [-0.25, -0.2) is 4.98 Å². The first-order valence-electron chi connectivity index (χ1n) is 8.67. The maximum atomic E-state index is 8.36. The second kappa shape index (κ2) is 11.3. The number of aryl methyl sites for hydroxylation is 2. The third-order valence-corrected chi connectivity index (χ3v) is 5.83. The Kier molecular flexibility index (Phi) is 9.03.